The van der Waals surface area contributed by atoms with E-state index in [9.17, 15) is 28.8 Å². The van der Waals surface area contributed by atoms with E-state index in [0.29, 0.717) is 102 Å². The summed E-state index contributed by atoms with van der Waals surface area (Å²) in [5.41, 5.74) is 3.08. The molecule has 2 N–H and O–H groups in total. The summed E-state index contributed by atoms with van der Waals surface area (Å²) in [4.78, 5) is 99.4. The van der Waals surface area contributed by atoms with Crippen LogP contribution in [-0.2, 0) is 19.2 Å². The first-order valence-electron chi connectivity index (χ1n) is 23.1. The fourth-order valence-corrected chi connectivity index (χ4v) is 11.9. The highest BCUT2D eigenvalue weighted by atomic mass is 32.2. The third-order valence-corrected chi connectivity index (χ3v) is 16.7. The van der Waals surface area contributed by atoms with Crippen LogP contribution in [-0.4, -0.2) is 157 Å². The molecule has 70 heavy (non-hydrogen) atoms. The van der Waals surface area contributed by atoms with Crippen LogP contribution in [0.3, 0.4) is 0 Å². The van der Waals surface area contributed by atoms with Crippen LogP contribution in [0.4, 0.5) is 10.3 Å². The molecule has 2 aliphatic carbocycles. The number of thiazole rings is 2. The summed E-state index contributed by atoms with van der Waals surface area (Å²) in [5.74, 6) is 0.0991. The standard InChI is InChI=1S/C49H57N9O8S4/c1-29-24-36(65-5)33(26-38(29)67-42-28-50-48(69-42)52-43(61)31-9-10-31)45(63)58-22-18-56(19-23-58)41(60)14-13-35-47(70-49(51-35)53-44(62)32-11-12-32)68-39-27-34(37(66-6)25-30(39)2)46(64)57-20-16-55(17-21-57)40(59)8-7-15-54(3)4/h7-8,13-14,24-28,31-32H,9-12,15-23H2,1-6H3,(H,50,52,61)(H,51,53,62)/b8-7+,14-13-. The van der Waals surface area contributed by atoms with Gasteiger partial charge in [-0.05, 0) is 95.1 Å². The highest BCUT2D eigenvalue weighted by molar-refractivity contribution is 8.01. The van der Waals surface area contributed by atoms with Crippen molar-refractivity contribution in [1.82, 2.24) is 34.5 Å². The first kappa shape index (κ1) is 50.6. The second-order valence-corrected chi connectivity index (χ2v) is 22.5. The van der Waals surface area contributed by atoms with E-state index < -0.39 is 0 Å². The van der Waals surface area contributed by atoms with E-state index in [2.05, 4.69) is 15.6 Å². The average Bonchev–Trinajstić information content (AvgIpc) is 4.30. The summed E-state index contributed by atoms with van der Waals surface area (Å²) in [7, 11) is 6.94. The van der Waals surface area contributed by atoms with Gasteiger partial charge in [0.25, 0.3) is 11.8 Å². The van der Waals surface area contributed by atoms with Crippen LogP contribution in [0.5, 0.6) is 11.5 Å². The number of anilines is 2. The van der Waals surface area contributed by atoms with Gasteiger partial charge in [0, 0.05) is 92.7 Å². The van der Waals surface area contributed by atoms with E-state index in [1.807, 2.05) is 63.2 Å². The number of hydrogen-bond donors (Lipinski definition) is 2. The van der Waals surface area contributed by atoms with Crippen molar-refractivity contribution in [2.45, 2.75) is 57.7 Å². The Morgan fingerprint density at radius 3 is 1.67 bits per heavy atom. The topological polar surface area (TPSA) is 187 Å². The Balaban J connectivity index is 0.924. The summed E-state index contributed by atoms with van der Waals surface area (Å²) < 4.78 is 13.0. The van der Waals surface area contributed by atoms with Gasteiger partial charge in [0.2, 0.25) is 23.6 Å². The molecule has 0 spiro atoms. The lowest BCUT2D eigenvalue weighted by atomic mass is 10.1. The molecule has 0 atom stereocenters. The minimum atomic E-state index is -0.247. The predicted molar refractivity (Wildman–Crippen MR) is 272 cm³/mol. The van der Waals surface area contributed by atoms with Crippen LogP contribution >= 0.6 is 46.2 Å². The van der Waals surface area contributed by atoms with Gasteiger partial charge in [0.05, 0.1) is 45.7 Å². The van der Waals surface area contributed by atoms with E-state index in [4.69, 9.17) is 14.5 Å². The van der Waals surface area contributed by atoms with Gasteiger partial charge < -0.3 is 44.6 Å². The number of aryl methyl sites for hydroxylation is 2. The molecule has 2 aliphatic heterocycles. The van der Waals surface area contributed by atoms with Gasteiger partial charge in [-0.1, -0.05) is 52.3 Å². The summed E-state index contributed by atoms with van der Waals surface area (Å²) in [5, 5.41) is 6.80. The van der Waals surface area contributed by atoms with Crippen molar-refractivity contribution in [3.63, 3.8) is 0 Å². The first-order chi connectivity index (χ1) is 33.7. The lowest BCUT2D eigenvalue weighted by Gasteiger charge is -2.34. The van der Waals surface area contributed by atoms with Crippen molar-refractivity contribution in [2.75, 3.05) is 97.9 Å². The minimum Gasteiger partial charge on any atom is -0.496 e. The third kappa shape index (κ3) is 12.6. The minimum absolute atomic E-state index is 0.00135. The van der Waals surface area contributed by atoms with Gasteiger partial charge in [0.1, 0.15) is 11.5 Å². The Labute approximate surface area is 424 Å². The predicted octanol–water partition coefficient (Wildman–Crippen LogP) is 6.63. The molecule has 2 aromatic carbocycles. The number of amides is 6. The number of nitrogens with one attached hydrogen (secondary N) is 2. The Morgan fingerprint density at radius 1 is 0.686 bits per heavy atom. The molecule has 21 heteroatoms. The quantitative estimate of drug-likeness (QED) is 0.107. The second kappa shape index (κ2) is 22.6. The number of nitrogens with zero attached hydrogens (tertiary/aromatic N) is 7. The summed E-state index contributed by atoms with van der Waals surface area (Å²) in [6.07, 6.45) is 11.7. The first-order valence-corrected chi connectivity index (χ1v) is 26.4. The van der Waals surface area contributed by atoms with Gasteiger partial charge in [-0.25, -0.2) is 9.97 Å². The van der Waals surface area contributed by atoms with Crippen molar-refractivity contribution in [3.8, 4) is 11.5 Å². The molecular formula is C49H57N9O8S4. The molecule has 8 rings (SSSR count). The maximum atomic E-state index is 14.1. The average molecular weight is 1030 g/mol. The van der Waals surface area contributed by atoms with E-state index in [1.165, 1.54) is 66.5 Å². The molecular weight excluding hydrogens is 971 g/mol. The number of hydrogen-bond acceptors (Lipinski definition) is 15. The van der Waals surface area contributed by atoms with Gasteiger partial charge in [-0.15, -0.1) is 0 Å². The SMILES string of the molecule is COc1cc(C)c(Sc2cnc(NC(=O)C3CC3)s2)cc1C(=O)N1CCN(C(=O)/C=C\c2nc(NC(=O)C3CC3)sc2Sc2cc(C(=O)N3CCN(C(=O)/C=C/CN(C)C)CC3)c(OC)cc2C)CC1. The molecule has 2 saturated heterocycles. The zero-order chi connectivity index (χ0) is 49.6. The fourth-order valence-electron chi connectivity index (χ4n) is 7.77. The van der Waals surface area contributed by atoms with Gasteiger partial charge >= 0.3 is 0 Å². The number of benzene rings is 2. The summed E-state index contributed by atoms with van der Waals surface area (Å²) >= 11 is 5.54. The fraction of sp³-hybridized carbons (Fsp3) is 0.429. The number of carbonyl (C=O) groups is 6. The van der Waals surface area contributed by atoms with E-state index in [1.54, 1.807) is 37.9 Å². The molecule has 370 valence electrons. The molecule has 6 amide bonds. The Hall–Kier alpha value is -5.74. The largest absolute Gasteiger partial charge is 0.496 e. The normalized spacial score (nSPS) is 16.3. The Bertz CT molecular complexity index is 2710. The zero-order valence-corrected chi connectivity index (χ0v) is 43.3. The van der Waals surface area contributed by atoms with Crippen LogP contribution in [0.2, 0.25) is 0 Å². The Morgan fingerprint density at radius 2 is 1.17 bits per heavy atom. The van der Waals surface area contributed by atoms with Crippen molar-refractivity contribution < 1.29 is 38.2 Å². The molecule has 2 aromatic heterocycles. The highest BCUT2D eigenvalue weighted by Gasteiger charge is 2.33. The molecule has 4 fully saturated rings. The number of ether oxygens (including phenoxy) is 2. The number of likely N-dealkylation sites (N-methyl/N-ethyl adjacent to an activating group) is 1. The van der Waals surface area contributed by atoms with Crippen molar-refractivity contribution in [3.05, 3.63) is 76.6 Å². The lowest BCUT2D eigenvalue weighted by Crippen LogP contribution is -2.50. The third-order valence-electron chi connectivity index (χ3n) is 12.2. The van der Waals surface area contributed by atoms with Gasteiger partial charge in [-0.3, -0.25) is 28.8 Å². The van der Waals surface area contributed by atoms with Crippen LogP contribution in [0.15, 0.2) is 66.9 Å². The molecule has 0 bridgehead atoms. The maximum Gasteiger partial charge on any atom is 0.257 e. The van der Waals surface area contributed by atoms with E-state index >= 15 is 0 Å². The van der Waals surface area contributed by atoms with Crippen LogP contribution in [0, 0.1) is 25.7 Å². The molecule has 4 aliphatic rings. The number of methoxy groups -OCH3 is 2. The highest BCUT2D eigenvalue weighted by Crippen LogP contribution is 2.43. The zero-order valence-electron chi connectivity index (χ0n) is 40.1. The number of piperazine rings is 2. The van der Waals surface area contributed by atoms with Gasteiger partial charge in [-0.2, -0.15) is 0 Å². The maximum absolute atomic E-state index is 14.1. The van der Waals surface area contributed by atoms with Crippen LogP contribution < -0.4 is 20.1 Å². The lowest BCUT2D eigenvalue weighted by molar-refractivity contribution is -0.128. The molecule has 2 saturated carbocycles. The molecule has 17 nitrogen and oxygen atoms in total. The monoisotopic (exact) mass is 1030 g/mol. The smallest absolute Gasteiger partial charge is 0.257 e. The summed E-state index contributed by atoms with van der Waals surface area (Å²) in [6.45, 7) is 7.35. The Kier molecular flexibility index (Phi) is 16.3. The summed E-state index contributed by atoms with van der Waals surface area (Å²) in [6, 6.07) is 7.32. The molecule has 0 unspecified atom stereocenters. The van der Waals surface area contributed by atoms with Crippen LogP contribution in [0.25, 0.3) is 6.08 Å². The number of aromatic nitrogens is 2. The number of rotatable bonds is 17. The number of carbonyl (C=O) groups excluding carboxylic acids is 6. The van der Waals surface area contributed by atoms with Crippen LogP contribution in [0.1, 0.15) is 63.2 Å². The second-order valence-electron chi connectivity index (χ2n) is 17.8. The van der Waals surface area contributed by atoms with Gasteiger partial charge in [0.15, 0.2) is 10.3 Å². The molecule has 0 radical (unpaired) electrons. The molecule has 4 heterocycles. The molecule has 4 aromatic rings. The van der Waals surface area contributed by atoms with Crippen molar-refractivity contribution in [1.29, 1.82) is 0 Å². The van der Waals surface area contributed by atoms with Crippen molar-refractivity contribution >= 4 is 98.0 Å². The van der Waals surface area contributed by atoms with Crippen molar-refractivity contribution in [2.24, 2.45) is 11.8 Å². The van der Waals surface area contributed by atoms with E-state index in [0.717, 1.165) is 50.8 Å². The van der Waals surface area contributed by atoms with E-state index in [-0.39, 0.29) is 47.3 Å².